The topological polar surface area (TPSA) is 147 Å². The van der Waals surface area contributed by atoms with Gasteiger partial charge >= 0.3 is 5.97 Å². The standard InChI is InChI=1S/C15H14Cl3N5O5S2/c1-5-2-7(13(26)28-4-15(16,17)18)23-11(25)9(12(23)30-5)21-10(24)8(22-27)6-3-29-14(19)20-6/h2-3,5,9,12,27H,4H2,1H3,(H2,19,20)(H,21,24)/b22-8+/t5?,9?,12-/m1/s1. The van der Waals surface area contributed by atoms with Gasteiger partial charge in [0.2, 0.25) is 3.79 Å². The molecular weight excluding hydrogens is 501 g/mol. The van der Waals surface area contributed by atoms with Crippen molar-refractivity contribution in [1.29, 1.82) is 0 Å². The summed E-state index contributed by atoms with van der Waals surface area (Å²) in [5, 5.41) is 15.5. The van der Waals surface area contributed by atoms with Crippen molar-refractivity contribution < 1.29 is 24.3 Å². The molecule has 1 aromatic heterocycles. The van der Waals surface area contributed by atoms with E-state index in [0.717, 1.165) is 11.3 Å². The zero-order valence-corrected chi connectivity index (χ0v) is 18.9. The van der Waals surface area contributed by atoms with Gasteiger partial charge in [-0.2, -0.15) is 0 Å². The Hall–Kier alpha value is -1.73. The van der Waals surface area contributed by atoms with Gasteiger partial charge in [0, 0.05) is 10.6 Å². The summed E-state index contributed by atoms with van der Waals surface area (Å²) in [6.45, 7) is 1.32. The first-order valence-corrected chi connectivity index (χ1v) is 11.2. The lowest BCUT2D eigenvalue weighted by Crippen LogP contribution is -2.71. The molecule has 2 unspecified atom stereocenters. The fraction of sp³-hybridized carbons (Fsp3) is 0.400. The van der Waals surface area contributed by atoms with Crippen LogP contribution in [0.25, 0.3) is 0 Å². The summed E-state index contributed by atoms with van der Waals surface area (Å²) in [6, 6.07) is -0.956. The molecule has 1 aromatic rings. The smallest absolute Gasteiger partial charge is 0.354 e. The van der Waals surface area contributed by atoms with Gasteiger partial charge in [0.1, 0.15) is 29.4 Å². The number of thiazole rings is 1. The van der Waals surface area contributed by atoms with Crippen molar-refractivity contribution in [2.45, 2.75) is 27.4 Å². The first kappa shape index (κ1) is 22.9. The van der Waals surface area contributed by atoms with Crippen LogP contribution in [0.5, 0.6) is 0 Å². The number of alkyl halides is 3. The quantitative estimate of drug-likeness (QED) is 0.134. The second kappa shape index (κ2) is 8.79. The number of fused-ring (bicyclic) bond motifs is 1. The van der Waals surface area contributed by atoms with Gasteiger partial charge < -0.3 is 21.0 Å². The second-order valence-electron chi connectivity index (χ2n) is 6.15. The average molecular weight is 515 g/mol. The number of thioether (sulfide) groups is 1. The number of β-lactam (4-membered cyclic amide) rings is 1. The Morgan fingerprint density at radius 3 is 2.73 bits per heavy atom. The van der Waals surface area contributed by atoms with Crippen molar-refractivity contribution in [3.05, 3.63) is 22.8 Å². The van der Waals surface area contributed by atoms with Crippen molar-refractivity contribution in [1.82, 2.24) is 15.2 Å². The van der Waals surface area contributed by atoms with Gasteiger partial charge in [0.25, 0.3) is 11.8 Å². The lowest BCUT2D eigenvalue weighted by molar-refractivity contribution is -0.152. The molecule has 0 aromatic carbocycles. The minimum atomic E-state index is -1.79. The molecule has 0 saturated carbocycles. The zero-order chi connectivity index (χ0) is 22.2. The number of nitrogens with one attached hydrogen (secondary N) is 1. The van der Waals surface area contributed by atoms with E-state index in [1.807, 2.05) is 6.92 Å². The molecule has 3 heterocycles. The molecule has 0 spiro atoms. The third-order valence-electron chi connectivity index (χ3n) is 3.99. The van der Waals surface area contributed by atoms with E-state index in [9.17, 15) is 19.6 Å². The maximum absolute atomic E-state index is 12.6. The molecule has 0 bridgehead atoms. The van der Waals surface area contributed by atoms with Crippen molar-refractivity contribution in [2.24, 2.45) is 5.16 Å². The number of nitrogen functional groups attached to an aromatic ring is 1. The van der Waals surface area contributed by atoms with Gasteiger partial charge in [-0.1, -0.05) is 40.0 Å². The molecule has 10 nitrogen and oxygen atoms in total. The molecule has 15 heteroatoms. The summed E-state index contributed by atoms with van der Waals surface area (Å²) in [6.07, 6.45) is 1.55. The second-order valence-corrected chi connectivity index (χ2v) is 11.1. The number of hydrogen-bond donors (Lipinski definition) is 3. The summed E-state index contributed by atoms with van der Waals surface area (Å²) in [5.41, 5.74) is 5.21. The molecule has 3 atom stereocenters. The van der Waals surface area contributed by atoms with Crippen LogP contribution in [-0.2, 0) is 19.1 Å². The largest absolute Gasteiger partial charge is 0.456 e. The Bertz CT molecular complexity index is 947. The molecular formula is C15H14Cl3N5O5S2. The number of amides is 2. The maximum Gasteiger partial charge on any atom is 0.354 e. The minimum absolute atomic E-state index is 0.000627. The fourth-order valence-electron chi connectivity index (χ4n) is 2.76. The van der Waals surface area contributed by atoms with Gasteiger partial charge in [-0.25, -0.2) is 9.78 Å². The van der Waals surface area contributed by atoms with Gasteiger partial charge in [0.05, 0.1) is 0 Å². The van der Waals surface area contributed by atoms with Crippen LogP contribution in [0.4, 0.5) is 5.13 Å². The third-order valence-corrected chi connectivity index (χ3v) is 6.32. The van der Waals surface area contributed by atoms with Crippen LogP contribution >= 0.6 is 57.9 Å². The monoisotopic (exact) mass is 513 g/mol. The van der Waals surface area contributed by atoms with Crippen LogP contribution in [-0.4, -0.2) is 65.7 Å². The maximum atomic E-state index is 12.6. The van der Waals surface area contributed by atoms with Crippen LogP contribution < -0.4 is 11.1 Å². The van der Waals surface area contributed by atoms with E-state index in [4.69, 9.17) is 45.3 Å². The summed E-state index contributed by atoms with van der Waals surface area (Å²) in [4.78, 5) is 42.6. The number of esters is 1. The number of oxime groups is 1. The molecule has 2 amide bonds. The average Bonchev–Trinajstić information content (AvgIpc) is 3.09. The minimum Gasteiger partial charge on any atom is -0.456 e. The van der Waals surface area contributed by atoms with Crippen molar-refractivity contribution in [3.8, 4) is 0 Å². The number of anilines is 1. The van der Waals surface area contributed by atoms with E-state index < -0.39 is 39.6 Å². The number of nitrogens with two attached hydrogens (primary N) is 1. The first-order chi connectivity index (χ1) is 14.0. The molecule has 1 saturated heterocycles. The Balaban J connectivity index is 1.71. The van der Waals surface area contributed by atoms with Crippen LogP contribution in [0.2, 0.25) is 0 Å². The van der Waals surface area contributed by atoms with Gasteiger partial charge in [0.15, 0.2) is 10.8 Å². The summed E-state index contributed by atoms with van der Waals surface area (Å²) in [5.74, 6) is -2.18. The Labute approximate surface area is 193 Å². The lowest BCUT2D eigenvalue weighted by Gasteiger charge is -2.49. The zero-order valence-electron chi connectivity index (χ0n) is 15.0. The van der Waals surface area contributed by atoms with Crippen LogP contribution in [0.15, 0.2) is 22.3 Å². The van der Waals surface area contributed by atoms with Crippen LogP contribution in [0.1, 0.15) is 12.6 Å². The molecule has 3 rings (SSSR count). The Morgan fingerprint density at radius 1 is 1.47 bits per heavy atom. The molecule has 4 N–H and O–H groups in total. The van der Waals surface area contributed by atoms with E-state index in [0.29, 0.717) is 0 Å². The highest BCUT2D eigenvalue weighted by Gasteiger charge is 2.54. The fourth-order valence-corrected chi connectivity index (χ4v) is 4.80. The summed E-state index contributed by atoms with van der Waals surface area (Å²) >= 11 is 19.2. The van der Waals surface area contributed by atoms with Crippen molar-refractivity contribution >= 4 is 86.5 Å². The molecule has 30 heavy (non-hydrogen) atoms. The molecule has 0 radical (unpaired) electrons. The normalized spacial score (nSPS) is 23.9. The summed E-state index contributed by atoms with van der Waals surface area (Å²) in [7, 11) is 0. The molecule has 2 aliphatic rings. The van der Waals surface area contributed by atoms with Crippen molar-refractivity contribution in [2.75, 3.05) is 12.3 Å². The number of aromatic nitrogens is 1. The van der Waals surface area contributed by atoms with E-state index in [1.165, 1.54) is 22.0 Å². The summed E-state index contributed by atoms with van der Waals surface area (Å²) < 4.78 is 3.17. The van der Waals surface area contributed by atoms with E-state index >= 15 is 0 Å². The highest BCUT2D eigenvalue weighted by molar-refractivity contribution is 8.00. The molecule has 2 aliphatic heterocycles. The van der Waals surface area contributed by atoms with E-state index in [-0.39, 0.29) is 27.5 Å². The predicted molar refractivity (Wildman–Crippen MR) is 114 cm³/mol. The van der Waals surface area contributed by atoms with E-state index in [2.05, 4.69) is 15.5 Å². The number of rotatable bonds is 5. The number of carbonyl (C=O) groups excluding carboxylic acids is 3. The number of carbonyl (C=O) groups is 3. The number of hydrogen-bond acceptors (Lipinski definition) is 10. The van der Waals surface area contributed by atoms with Crippen LogP contribution in [0.3, 0.4) is 0 Å². The highest BCUT2D eigenvalue weighted by Crippen LogP contribution is 2.41. The number of nitrogens with zero attached hydrogens (tertiary/aromatic N) is 3. The predicted octanol–water partition coefficient (Wildman–Crippen LogP) is 1.49. The Morgan fingerprint density at radius 2 is 2.17 bits per heavy atom. The lowest BCUT2D eigenvalue weighted by atomic mass is 10.0. The van der Waals surface area contributed by atoms with Gasteiger partial charge in [-0.3, -0.25) is 14.5 Å². The number of halogens is 3. The van der Waals surface area contributed by atoms with Gasteiger partial charge in [-0.05, 0) is 13.0 Å². The highest BCUT2D eigenvalue weighted by atomic mass is 35.6. The van der Waals surface area contributed by atoms with E-state index in [1.54, 1.807) is 6.08 Å². The number of ether oxygens (including phenoxy) is 1. The van der Waals surface area contributed by atoms with Crippen molar-refractivity contribution in [3.63, 3.8) is 0 Å². The molecule has 1 fully saturated rings. The SMILES string of the molecule is CC1C=C(C(=O)OCC(Cl)(Cl)Cl)N2C(=O)C(NC(=O)/C(=N/O)c3csc(N)n3)[C@H]2S1. The molecule has 0 aliphatic carbocycles. The third kappa shape index (κ3) is 4.78. The Kier molecular flexibility index (Phi) is 6.72. The van der Waals surface area contributed by atoms with Gasteiger partial charge in [-0.15, -0.1) is 23.1 Å². The van der Waals surface area contributed by atoms with Crippen LogP contribution in [0, 0.1) is 0 Å². The molecule has 162 valence electrons. The first-order valence-electron chi connectivity index (χ1n) is 8.20.